The molecule has 2 unspecified atom stereocenters. The van der Waals surface area contributed by atoms with Gasteiger partial charge in [0.05, 0.1) is 23.1 Å². The van der Waals surface area contributed by atoms with Gasteiger partial charge in [0.15, 0.2) is 6.10 Å². The van der Waals surface area contributed by atoms with Crippen molar-refractivity contribution in [3.05, 3.63) is 114 Å². The summed E-state index contributed by atoms with van der Waals surface area (Å²) in [4.78, 5) is 40.3. The summed E-state index contributed by atoms with van der Waals surface area (Å²) < 4.78 is 5.94. The second-order valence-corrected chi connectivity index (χ2v) is 8.32. The fourth-order valence-electron chi connectivity index (χ4n) is 4.59. The van der Waals surface area contributed by atoms with Gasteiger partial charge in [0, 0.05) is 0 Å². The van der Waals surface area contributed by atoms with Crippen molar-refractivity contribution >= 4 is 23.5 Å². The lowest BCUT2D eigenvalue weighted by Crippen LogP contribution is -2.31. The Morgan fingerprint density at radius 1 is 0.758 bits per heavy atom. The summed E-state index contributed by atoms with van der Waals surface area (Å²) >= 11 is 0. The summed E-state index contributed by atoms with van der Waals surface area (Å²) in [5, 5.41) is 0. The molecule has 1 heterocycles. The number of hydrogen-bond acceptors (Lipinski definition) is 4. The van der Waals surface area contributed by atoms with Crippen LogP contribution in [0.3, 0.4) is 0 Å². The van der Waals surface area contributed by atoms with Gasteiger partial charge in [-0.1, -0.05) is 78.9 Å². The number of carbonyl (C=O) groups excluding carboxylic acids is 3. The summed E-state index contributed by atoms with van der Waals surface area (Å²) in [7, 11) is 0. The van der Waals surface area contributed by atoms with Crippen molar-refractivity contribution in [2.45, 2.75) is 18.9 Å². The lowest BCUT2D eigenvalue weighted by atomic mass is 9.85. The van der Waals surface area contributed by atoms with Crippen LogP contribution < -0.4 is 4.90 Å². The molecule has 2 atom stereocenters. The number of esters is 1. The molecule has 0 spiro atoms. The molecule has 0 aromatic heterocycles. The number of amides is 2. The normalized spacial score (nSPS) is 19.6. The fourth-order valence-corrected chi connectivity index (χ4v) is 4.59. The SMILES string of the molecule is O=C(OC(c1ccccc1)c1ccccc1)c1cccc(N2C(=O)C3CC=CCC3C2=O)c1. The lowest BCUT2D eigenvalue weighted by molar-refractivity contribution is -0.122. The molecule has 5 heteroatoms. The summed E-state index contributed by atoms with van der Waals surface area (Å²) in [6, 6.07) is 25.6. The largest absolute Gasteiger partial charge is 0.449 e. The minimum absolute atomic E-state index is 0.202. The topological polar surface area (TPSA) is 63.7 Å². The maximum atomic E-state index is 13.2. The van der Waals surface area contributed by atoms with Crippen molar-refractivity contribution in [2.24, 2.45) is 11.8 Å². The molecule has 2 aliphatic rings. The number of allylic oxidation sites excluding steroid dienone is 2. The number of fused-ring (bicyclic) bond motifs is 1. The molecule has 3 aromatic rings. The van der Waals surface area contributed by atoms with Crippen molar-refractivity contribution in [1.29, 1.82) is 0 Å². The van der Waals surface area contributed by atoms with Gasteiger partial charge in [-0.25, -0.2) is 4.79 Å². The van der Waals surface area contributed by atoms with Crippen molar-refractivity contribution < 1.29 is 19.1 Å². The summed E-state index contributed by atoms with van der Waals surface area (Å²) in [5.41, 5.74) is 2.41. The molecule has 2 amide bonds. The van der Waals surface area contributed by atoms with E-state index in [1.54, 1.807) is 24.3 Å². The Balaban J connectivity index is 1.42. The number of anilines is 1. The van der Waals surface area contributed by atoms with E-state index in [-0.39, 0.29) is 29.2 Å². The van der Waals surface area contributed by atoms with Crippen LogP contribution in [0.1, 0.15) is 40.4 Å². The van der Waals surface area contributed by atoms with Crippen molar-refractivity contribution in [2.75, 3.05) is 4.90 Å². The van der Waals surface area contributed by atoms with E-state index in [1.165, 1.54) is 4.90 Å². The van der Waals surface area contributed by atoms with Crippen LogP contribution in [0.15, 0.2) is 97.1 Å². The minimum atomic E-state index is -0.576. The minimum Gasteiger partial charge on any atom is -0.449 e. The Bertz CT molecular complexity index is 1150. The smallest absolute Gasteiger partial charge is 0.339 e. The van der Waals surface area contributed by atoms with Gasteiger partial charge in [0.1, 0.15) is 0 Å². The van der Waals surface area contributed by atoms with E-state index in [1.807, 2.05) is 72.8 Å². The molecule has 3 aromatic carbocycles. The highest BCUT2D eigenvalue weighted by molar-refractivity contribution is 6.22. The molecule has 164 valence electrons. The first-order valence-corrected chi connectivity index (χ1v) is 11.1. The van der Waals surface area contributed by atoms with Crippen LogP contribution in [0.4, 0.5) is 5.69 Å². The fraction of sp³-hybridized carbons (Fsp3) is 0.179. The number of benzene rings is 3. The van der Waals surface area contributed by atoms with Crippen LogP contribution in [-0.4, -0.2) is 17.8 Å². The predicted octanol–water partition coefficient (Wildman–Crippen LogP) is 5.09. The zero-order chi connectivity index (χ0) is 22.8. The third kappa shape index (κ3) is 3.98. The maximum absolute atomic E-state index is 13.2. The first-order valence-electron chi connectivity index (χ1n) is 11.1. The summed E-state index contributed by atoms with van der Waals surface area (Å²) in [6.07, 6.45) is 4.48. The van der Waals surface area contributed by atoms with E-state index in [9.17, 15) is 14.4 Å². The van der Waals surface area contributed by atoms with Gasteiger partial charge in [0.25, 0.3) is 0 Å². The standard InChI is InChI=1S/C28H23NO4/c30-26-23-16-7-8-17-24(23)27(31)29(26)22-15-9-14-21(18-22)28(32)33-25(19-10-3-1-4-11-19)20-12-5-2-6-13-20/h1-15,18,23-25H,16-17H2. The van der Waals surface area contributed by atoms with E-state index < -0.39 is 12.1 Å². The molecular weight excluding hydrogens is 414 g/mol. The van der Waals surface area contributed by atoms with E-state index in [4.69, 9.17) is 4.74 Å². The maximum Gasteiger partial charge on any atom is 0.339 e. The lowest BCUT2D eigenvalue weighted by Gasteiger charge is -2.20. The van der Waals surface area contributed by atoms with Crippen LogP contribution in [0.25, 0.3) is 0 Å². The highest BCUT2D eigenvalue weighted by atomic mass is 16.5. The average molecular weight is 437 g/mol. The molecule has 5 nitrogen and oxygen atoms in total. The number of carbonyl (C=O) groups is 3. The second kappa shape index (κ2) is 8.87. The third-order valence-corrected chi connectivity index (χ3v) is 6.28. The molecule has 5 rings (SSSR count). The van der Waals surface area contributed by atoms with Crippen LogP contribution in [-0.2, 0) is 14.3 Å². The van der Waals surface area contributed by atoms with Crippen LogP contribution in [0.2, 0.25) is 0 Å². The molecule has 0 saturated carbocycles. The number of rotatable bonds is 5. The quantitative estimate of drug-likeness (QED) is 0.317. The zero-order valence-corrected chi connectivity index (χ0v) is 18.0. The first kappa shape index (κ1) is 20.9. The van der Waals surface area contributed by atoms with Crippen molar-refractivity contribution in [1.82, 2.24) is 0 Å². The Morgan fingerprint density at radius 3 is 1.85 bits per heavy atom. The highest BCUT2D eigenvalue weighted by Crippen LogP contribution is 2.38. The van der Waals surface area contributed by atoms with Gasteiger partial charge in [0.2, 0.25) is 11.8 Å². The first-order chi connectivity index (χ1) is 16.1. The van der Waals surface area contributed by atoms with E-state index in [0.717, 1.165) is 11.1 Å². The van der Waals surface area contributed by atoms with Crippen molar-refractivity contribution in [3.63, 3.8) is 0 Å². The van der Waals surface area contributed by atoms with Crippen LogP contribution in [0.5, 0.6) is 0 Å². The molecule has 1 fully saturated rings. The van der Waals surface area contributed by atoms with Gasteiger partial charge in [-0.2, -0.15) is 0 Å². The highest BCUT2D eigenvalue weighted by Gasteiger charge is 2.47. The number of ether oxygens (including phenoxy) is 1. The van der Waals surface area contributed by atoms with Crippen LogP contribution in [0, 0.1) is 11.8 Å². The molecule has 1 aliphatic carbocycles. The molecular formula is C28H23NO4. The molecule has 0 bridgehead atoms. The molecule has 1 aliphatic heterocycles. The van der Waals surface area contributed by atoms with Gasteiger partial charge in [-0.05, 0) is 42.2 Å². The summed E-state index contributed by atoms with van der Waals surface area (Å²) in [6.45, 7) is 0. The number of nitrogens with zero attached hydrogens (tertiary/aromatic N) is 1. The second-order valence-electron chi connectivity index (χ2n) is 8.32. The zero-order valence-electron chi connectivity index (χ0n) is 18.0. The number of hydrogen-bond donors (Lipinski definition) is 0. The Morgan fingerprint density at radius 2 is 1.30 bits per heavy atom. The number of imide groups is 1. The van der Waals surface area contributed by atoms with Crippen molar-refractivity contribution in [3.8, 4) is 0 Å². The van der Waals surface area contributed by atoms with Gasteiger partial charge in [-0.15, -0.1) is 0 Å². The molecule has 1 saturated heterocycles. The Kier molecular flexibility index (Phi) is 5.61. The monoisotopic (exact) mass is 437 g/mol. The van der Waals surface area contributed by atoms with E-state index in [2.05, 4.69) is 0 Å². The van der Waals surface area contributed by atoms with E-state index in [0.29, 0.717) is 18.5 Å². The Hall–Kier alpha value is -3.99. The van der Waals surface area contributed by atoms with E-state index >= 15 is 0 Å². The average Bonchev–Trinajstić information content (AvgIpc) is 3.13. The van der Waals surface area contributed by atoms with Gasteiger partial charge < -0.3 is 4.74 Å². The molecule has 0 radical (unpaired) electrons. The molecule has 0 N–H and O–H groups in total. The predicted molar refractivity (Wildman–Crippen MR) is 124 cm³/mol. The van der Waals surface area contributed by atoms with Gasteiger partial charge in [-0.3, -0.25) is 14.5 Å². The summed E-state index contributed by atoms with van der Waals surface area (Å²) in [5.74, 6) is -1.57. The molecule has 33 heavy (non-hydrogen) atoms. The third-order valence-electron chi connectivity index (χ3n) is 6.28. The van der Waals surface area contributed by atoms with Crippen LogP contribution >= 0.6 is 0 Å². The Labute approximate surface area is 192 Å². The van der Waals surface area contributed by atoms with Gasteiger partial charge >= 0.3 is 5.97 Å².